The van der Waals surface area contributed by atoms with E-state index in [1.165, 1.54) is 18.1 Å². The molecule has 2 heterocycles. The van der Waals surface area contributed by atoms with Gasteiger partial charge in [0.25, 0.3) is 5.78 Å². The Hall–Kier alpha value is -3.76. The number of benzene rings is 2. The van der Waals surface area contributed by atoms with Crippen LogP contribution in [0.25, 0.3) is 5.76 Å². The number of methoxy groups -OCH3 is 1. The maximum absolute atomic E-state index is 13.4. The Kier molecular flexibility index (Phi) is 7.60. The van der Waals surface area contributed by atoms with Gasteiger partial charge in [-0.05, 0) is 55.3 Å². The van der Waals surface area contributed by atoms with E-state index < -0.39 is 23.7 Å². The standard InChI is InChI=1S/C27H23BrN2O6S/c1-5-11-36-26(34)24-15(3)29-27(37-24)30-21(16-7-6-8-18(28)13-16)20(23(32)25(30)33)22(31)17-9-10-19(35-4)14(2)12-17/h5-10,12-13,21,31H,1,11H2,2-4H3/t21-/m1/s1. The number of amides is 1. The number of halogens is 1. The number of aliphatic hydroxyl groups excluding tert-OH is 1. The lowest BCUT2D eigenvalue weighted by Gasteiger charge is -2.23. The van der Waals surface area contributed by atoms with Crippen LogP contribution in [0, 0.1) is 13.8 Å². The monoisotopic (exact) mass is 582 g/mol. The van der Waals surface area contributed by atoms with Crippen molar-refractivity contribution in [3.8, 4) is 5.75 Å². The number of Topliss-reactive ketones (excluding diaryl/α,β-unsaturated/α-hetero) is 1. The second kappa shape index (κ2) is 10.7. The molecule has 1 atom stereocenters. The number of carbonyl (C=O) groups excluding carboxylic acids is 3. The van der Waals surface area contributed by atoms with Crippen LogP contribution in [0.5, 0.6) is 5.75 Å². The van der Waals surface area contributed by atoms with Crippen molar-refractivity contribution < 1.29 is 29.0 Å². The molecule has 1 aromatic heterocycles. The van der Waals surface area contributed by atoms with Gasteiger partial charge in [0, 0.05) is 10.0 Å². The van der Waals surface area contributed by atoms with Crippen molar-refractivity contribution in [3.63, 3.8) is 0 Å². The van der Waals surface area contributed by atoms with Crippen molar-refractivity contribution in [1.82, 2.24) is 4.98 Å². The number of aliphatic hydroxyl groups is 1. The fraction of sp³-hybridized carbons (Fsp3) is 0.185. The fourth-order valence-corrected chi connectivity index (χ4v) is 5.48. The predicted molar refractivity (Wildman–Crippen MR) is 144 cm³/mol. The number of aromatic nitrogens is 1. The molecule has 8 nitrogen and oxygen atoms in total. The lowest BCUT2D eigenvalue weighted by Crippen LogP contribution is -2.29. The van der Waals surface area contributed by atoms with Gasteiger partial charge in [-0.1, -0.05) is 52.1 Å². The van der Waals surface area contributed by atoms with Crippen LogP contribution in [0.3, 0.4) is 0 Å². The summed E-state index contributed by atoms with van der Waals surface area (Å²) in [5.41, 5.74) is 1.95. The second-order valence-electron chi connectivity index (χ2n) is 8.21. The van der Waals surface area contributed by atoms with E-state index in [1.807, 2.05) is 13.0 Å². The highest BCUT2D eigenvalue weighted by atomic mass is 79.9. The molecule has 37 heavy (non-hydrogen) atoms. The van der Waals surface area contributed by atoms with Gasteiger partial charge >= 0.3 is 11.9 Å². The van der Waals surface area contributed by atoms with E-state index in [0.717, 1.165) is 21.4 Å². The van der Waals surface area contributed by atoms with Gasteiger partial charge in [-0.25, -0.2) is 9.78 Å². The molecule has 0 unspecified atom stereocenters. The normalized spacial score (nSPS) is 16.6. The Morgan fingerprint density at radius 2 is 2.00 bits per heavy atom. The van der Waals surface area contributed by atoms with E-state index in [2.05, 4.69) is 27.5 Å². The van der Waals surface area contributed by atoms with E-state index in [0.29, 0.717) is 22.6 Å². The van der Waals surface area contributed by atoms with Crippen LogP contribution in [0.15, 0.2) is 65.2 Å². The van der Waals surface area contributed by atoms with Crippen LogP contribution in [-0.2, 0) is 14.3 Å². The summed E-state index contributed by atoms with van der Waals surface area (Å²) in [5, 5.41) is 11.5. The maximum Gasteiger partial charge on any atom is 0.350 e. The van der Waals surface area contributed by atoms with Crippen molar-refractivity contribution in [3.05, 3.63) is 92.4 Å². The molecule has 1 saturated heterocycles. The number of nitrogens with zero attached hydrogens (tertiary/aromatic N) is 2. The summed E-state index contributed by atoms with van der Waals surface area (Å²) in [4.78, 5) is 45.1. The van der Waals surface area contributed by atoms with Crippen LogP contribution in [0.4, 0.5) is 5.13 Å². The number of thiazole rings is 1. The Labute approximate surface area is 226 Å². The molecular formula is C27H23BrN2O6S. The molecule has 0 radical (unpaired) electrons. The Bertz CT molecular complexity index is 1460. The predicted octanol–water partition coefficient (Wildman–Crippen LogP) is 5.50. The maximum atomic E-state index is 13.4. The SMILES string of the molecule is C=CCOC(=O)c1sc(N2C(=O)C(=O)C(=C(O)c3ccc(OC)c(C)c3)[C@H]2c2cccc(Br)c2)nc1C. The highest BCUT2D eigenvalue weighted by molar-refractivity contribution is 9.10. The van der Waals surface area contributed by atoms with E-state index >= 15 is 0 Å². The molecule has 0 spiro atoms. The molecule has 0 bridgehead atoms. The van der Waals surface area contributed by atoms with Gasteiger partial charge in [0.15, 0.2) is 5.13 Å². The van der Waals surface area contributed by atoms with Crippen LogP contribution in [0.2, 0.25) is 0 Å². The van der Waals surface area contributed by atoms with Crippen LogP contribution in [0.1, 0.15) is 38.1 Å². The molecule has 1 aliphatic rings. The number of ether oxygens (including phenoxy) is 2. The number of esters is 1. The first-order valence-corrected chi connectivity index (χ1v) is 12.8. The second-order valence-corrected chi connectivity index (χ2v) is 10.1. The summed E-state index contributed by atoms with van der Waals surface area (Å²) in [6, 6.07) is 11.1. The first kappa shape index (κ1) is 26.3. The number of hydrogen-bond donors (Lipinski definition) is 1. The number of carbonyl (C=O) groups is 3. The number of ketones is 1. The number of hydrogen-bond acceptors (Lipinski definition) is 8. The van der Waals surface area contributed by atoms with Crippen molar-refractivity contribution in [2.75, 3.05) is 18.6 Å². The van der Waals surface area contributed by atoms with Gasteiger partial charge in [-0.3, -0.25) is 14.5 Å². The zero-order valence-corrected chi connectivity index (χ0v) is 22.7. The average molecular weight is 583 g/mol. The molecule has 1 amide bonds. The van der Waals surface area contributed by atoms with Crippen molar-refractivity contribution in [2.45, 2.75) is 19.9 Å². The molecule has 0 aliphatic carbocycles. The summed E-state index contributed by atoms with van der Waals surface area (Å²) in [7, 11) is 1.54. The zero-order valence-electron chi connectivity index (χ0n) is 20.3. The van der Waals surface area contributed by atoms with Crippen molar-refractivity contribution in [1.29, 1.82) is 0 Å². The van der Waals surface area contributed by atoms with Gasteiger partial charge in [-0.2, -0.15) is 0 Å². The third-order valence-electron chi connectivity index (χ3n) is 5.79. The Morgan fingerprint density at radius 3 is 2.65 bits per heavy atom. The molecule has 1 fully saturated rings. The molecular weight excluding hydrogens is 560 g/mol. The van der Waals surface area contributed by atoms with Crippen molar-refractivity contribution >= 4 is 55.8 Å². The molecule has 190 valence electrons. The van der Waals surface area contributed by atoms with Crippen LogP contribution in [-0.4, -0.2) is 41.5 Å². The van der Waals surface area contributed by atoms with Crippen LogP contribution < -0.4 is 9.64 Å². The van der Waals surface area contributed by atoms with Gasteiger partial charge in [0.2, 0.25) is 0 Å². The largest absolute Gasteiger partial charge is 0.507 e. The van der Waals surface area contributed by atoms with E-state index in [4.69, 9.17) is 9.47 Å². The highest BCUT2D eigenvalue weighted by Crippen LogP contribution is 2.44. The summed E-state index contributed by atoms with van der Waals surface area (Å²) in [6.07, 6.45) is 1.45. The number of rotatable bonds is 7. The summed E-state index contributed by atoms with van der Waals surface area (Å²) in [5.74, 6) is -2.04. The summed E-state index contributed by atoms with van der Waals surface area (Å²) >= 11 is 4.38. The first-order chi connectivity index (χ1) is 17.7. The topological polar surface area (TPSA) is 106 Å². The Morgan fingerprint density at radius 1 is 1.24 bits per heavy atom. The third-order valence-corrected chi connectivity index (χ3v) is 7.42. The minimum absolute atomic E-state index is 0.0232. The van der Waals surface area contributed by atoms with Gasteiger partial charge in [0.05, 0.1) is 24.4 Å². The molecule has 10 heteroatoms. The molecule has 3 aromatic rings. The van der Waals surface area contributed by atoms with Gasteiger partial charge < -0.3 is 14.6 Å². The summed E-state index contributed by atoms with van der Waals surface area (Å²) in [6.45, 7) is 6.99. The molecule has 1 aliphatic heterocycles. The highest BCUT2D eigenvalue weighted by Gasteiger charge is 2.48. The fourth-order valence-electron chi connectivity index (χ4n) is 4.08. The number of aryl methyl sites for hydroxylation is 2. The smallest absolute Gasteiger partial charge is 0.350 e. The van der Waals surface area contributed by atoms with Crippen LogP contribution >= 0.6 is 27.3 Å². The van der Waals surface area contributed by atoms with Gasteiger partial charge in [-0.15, -0.1) is 0 Å². The lowest BCUT2D eigenvalue weighted by atomic mass is 9.95. The minimum atomic E-state index is -0.984. The van der Waals surface area contributed by atoms with Gasteiger partial charge in [0.1, 0.15) is 23.0 Å². The van der Waals surface area contributed by atoms with E-state index in [1.54, 1.807) is 43.3 Å². The third kappa shape index (κ3) is 4.94. The van der Waals surface area contributed by atoms with E-state index in [-0.39, 0.29) is 27.9 Å². The average Bonchev–Trinajstić information content (AvgIpc) is 3.38. The van der Waals surface area contributed by atoms with E-state index in [9.17, 15) is 19.5 Å². The molecule has 1 N–H and O–H groups in total. The molecule has 0 saturated carbocycles. The summed E-state index contributed by atoms with van der Waals surface area (Å²) < 4.78 is 11.2. The minimum Gasteiger partial charge on any atom is -0.507 e. The lowest BCUT2D eigenvalue weighted by molar-refractivity contribution is -0.132. The Balaban J connectivity index is 1.89. The first-order valence-electron chi connectivity index (χ1n) is 11.1. The molecule has 4 rings (SSSR count). The quantitative estimate of drug-likeness (QED) is 0.129. The zero-order chi connectivity index (χ0) is 26.9. The number of anilines is 1. The van der Waals surface area contributed by atoms with Crippen molar-refractivity contribution in [2.24, 2.45) is 0 Å². The molecule has 2 aromatic carbocycles.